The van der Waals surface area contributed by atoms with Gasteiger partial charge in [-0.2, -0.15) is 0 Å². The summed E-state index contributed by atoms with van der Waals surface area (Å²) < 4.78 is 12.7. The van der Waals surface area contributed by atoms with Crippen LogP contribution in [-0.4, -0.2) is 53.2 Å². The van der Waals surface area contributed by atoms with Gasteiger partial charge < -0.3 is 24.3 Å². The molecule has 1 N–H and O–H groups in total. The summed E-state index contributed by atoms with van der Waals surface area (Å²) in [5.41, 5.74) is 4.52. The zero-order valence-electron chi connectivity index (χ0n) is 23.9. The minimum absolute atomic E-state index is 0.121. The van der Waals surface area contributed by atoms with Crippen molar-refractivity contribution in [2.24, 2.45) is 0 Å². The number of carbonyl (C=O) groups is 1. The minimum Gasteiger partial charge on any atom is -0.448 e. The fourth-order valence-corrected chi connectivity index (χ4v) is 6.25. The molecular formula is C30H42ClN3O4. The molecule has 2 aliphatic heterocycles. The summed E-state index contributed by atoms with van der Waals surface area (Å²) in [5.74, 6) is 0.167. The molecule has 0 bridgehead atoms. The van der Waals surface area contributed by atoms with Crippen LogP contribution in [-0.2, 0) is 19.4 Å². The largest absolute Gasteiger partial charge is 0.448 e. The molecule has 8 heteroatoms. The van der Waals surface area contributed by atoms with Gasteiger partial charge in [0.25, 0.3) is 11.5 Å². The van der Waals surface area contributed by atoms with E-state index in [0.29, 0.717) is 46.7 Å². The lowest BCUT2D eigenvalue weighted by Crippen LogP contribution is -2.39. The number of aryl methyl sites for hydroxylation is 2. The highest BCUT2D eigenvalue weighted by atomic mass is 35.5. The number of fused-ring (bicyclic) bond motifs is 2. The number of pyridine rings is 1. The fraction of sp³-hybridized carbons (Fsp3) is 0.600. The summed E-state index contributed by atoms with van der Waals surface area (Å²) in [6.07, 6.45) is 6.15. The number of hydrogen-bond acceptors (Lipinski definition) is 5. The highest BCUT2D eigenvalue weighted by molar-refractivity contribution is 6.34. The summed E-state index contributed by atoms with van der Waals surface area (Å²) in [7, 11) is 4.23. The number of aromatic amines is 1. The van der Waals surface area contributed by atoms with E-state index in [2.05, 4.69) is 37.8 Å². The quantitative estimate of drug-likeness (QED) is 0.410. The number of benzene rings is 1. The van der Waals surface area contributed by atoms with Gasteiger partial charge in [0.15, 0.2) is 11.5 Å². The average molecular weight is 544 g/mol. The first-order chi connectivity index (χ1) is 18.0. The van der Waals surface area contributed by atoms with E-state index in [0.717, 1.165) is 60.9 Å². The number of amides is 1. The van der Waals surface area contributed by atoms with Gasteiger partial charge in [0.05, 0.1) is 17.1 Å². The maximum absolute atomic E-state index is 13.8. The van der Waals surface area contributed by atoms with Crippen LogP contribution in [0.25, 0.3) is 0 Å². The summed E-state index contributed by atoms with van der Waals surface area (Å²) in [6, 6.07) is 2.53. The molecule has 0 spiro atoms. The Morgan fingerprint density at radius 3 is 2.55 bits per heavy atom. The molecule has 4 rings (SSSR count). The summed E-state index contributed by atoms with van der Waals surface area (Å²) in [6.45, 7) is 10.8. The van der Waals surface area contributed by atoms with Crippen LogP contribution in [0.3, 0.4) is 0 Å². The lowest BCUT2D eigenvalue weighted by Gasteiger charge is -2.31. The van der Waals surface area contributed by atoms with Crippen molar-refractivity contribution in [2.75, 3.05) is 20.6 Å². The normalized spacial score (nSPS) is 19.3. The molecule has 0 radical (unpaired) electrons. The van der Waals surface area contributed by atoms with Gasteiger partial charge in [0, 0.05) is 42.8 Å². The first kappa shape index (κ1) is 28.5. The molecule has 0 fully saturated rings. The third kappa shape index (κ3) is 5.46. The van der Waals surface area contributed by atoms with Crippen molar-refractivity contribution in [2.45, 2.75) is 97.9 Å². The molecule has 38 heavy (non-hydrogen) atoms. The molecule has 2 aromatic rings. The van der Waals surface area contributed by atoms with Crippen molar-refractivity contribution >= 4 is 17.5 Å². The van der Waals surface area contributed by atoms with E-state index < -0.39 is 5.79 Å². The zero-order chi connectivity index (χ0) is 27.8. The highest BCUT2D eigenvalue weighted by Gasteiger charge is 2.43. The van der Waals surface area contributed by atoms with Crippen LogP contribution in [0.1, 0.15) is 91.2 Å². The van der Waals surface area contributed by atoms with Crippen molar-refractivity contribution in [3.8, 4) is 11.5 Å². The molecule has 2 unspecified atom stereocenters. The van der Waals surface area contributed by atoms with Gasteiger partial charge in [0.2, 0.25) is 5.79 Å². The molecule has 1 amide bonds. The molecule has 7 nitrogen and oxygen atoms in total. The number of nitrogens with zero attached hydrogens (tertiary/aromatic N) is 2. The fourth-order valence-electron chi connectivity index (χ4n) is 5.93. The lowest BCUT2D eigenvalue weighted by atomic mass is 9.92. The SMILES string of the molecule is CCCc1cc(C)[nH]c(=O)c1CN1CCc2c(Cl)c3c(c(C)c2C1=O)OC(C)(CCCC(CC)N(C)C)O3. The number of aromatic nitrogens is 1. The molecule has 0 aliphatic carbocycles. The van der Waals surface area contributed by atoms with Crippen molar-refractivity contribution in [1.29, 1.82) is 0 Å². The van der Waals surface area contributed by atoms with Crippen molar-refractivity contribution < 1.29 is 14.3 Å². The molecule has 1 aromatic carbocycles. The molecule has 2 atom stereocenters. The van der Waals surface area contributed by atoms with Crippen LogP contribution >= 0.6 is 11.6 Å². The number of nitrogens with one attached hydrogen (secondary N) is 1. The van der Waals surface area contributed by atoms with Gasteiger partial charge >= 0.3 is 0 Å². The second kappa shape index (κ2) is 11.3. The van der Waals surface area contributed by atoms with Crippen molar-refractivity contribution in [3.63, 3.8) is 0 Å². The zero-order valence-corrected chi connectivity index (χ0v) is 24.7. The summed E-state index contributed by atoms with van der Waals surface area (Å²) in [5, 5.41) is 0.469. The van der Waals surface area contributed by atoms with E-state index in [-0.39, 0.29) is 18.0 Å². The van der Waals surface area contributed by atoms with Crippen molar-refractivity contribution in [3.05, 3.63) is 55.0 Å². The standard InChI is InChI=1S/C30H42ClN3O4/c1-8-11-20-16-18(3)32-28(35)23(20)17-34-15-13-22-24(29(34)36)19(4)26-27(25(22)31)38-30(5,37-26)14-10-12-21(9-2)33(6)7/h16,21H,8-15,17H2,1-7H3,(H,32,35). The monoisotopic (exact) mass is 543 g/mol. The Morgan fingerprint density at radius 1 is 1.18 bits per heavy atom. The number of hydrogen-bond donors (Lipinski definition) is 1. The predicted molar refractivity (Wildman–Crippen MR) is 152 cm³/mol. The minimum atomic E-state index is -0.821. The van der Waals surface area contributed by atoms with E-state index in [1.54, 1.807) is 4.90 Å². The Morgan fingerprint density at radius 2 is 1.89 bits per heavy atom. The number of rotatable bonds is 10. The van der Waals surface area contributed by atoms with Crippen LogP contribution in [0.15, 0.2) is 10.9 Å². The van der Waals surface area contributed by atoms with E-state index in [4.69, 9.17) is 21.1 Å². The Balaban J connectivity index is 1.58. The number of H-pyrrole nitrogens is 1. The predicted octanol–water partition coefficient (Wildman–Crippen LogP) is 5.79. The van der Waals surface area contributed by atoms with Crippen LogP contribution in [0.4, 0.5) is 0 Å². The average Bonchev–Trinajstić information content (AvgIpc) is 3.21. The van der Waals surface area contributed by atoms with E-state index in [9.17, 15) is 9.59 Å². The lowest BCUT2D eigenvalue weighted by molar-refractivity contribution is -0.0706. The molecule has 0 saturated heterocycles. The Bertz CT molecular complexity index is 1270. The second-order valence-electron chi connectivity index (χ2n) is 11.2. The first-order valence-corrected chi connectivity index (χ1v) is 14.3. The first-order valence-electron chi connectivity index (χ1n) is 13.9. The van der Waals surface area contributed by atoms with Gasteiger partial charge in [-0.25, -0.2) is 0 Å². The van der Waals surface area contributed by atoms with Crippen LogP contribution in [0, 0.1) is 13.8 Å². The molecular weight excluding hydrogens is 502 g/mol. The van der Waals surface area contributed by atoms with Gasteiger partial charge in [-0.1, -0.05) is 31.9 Å². The van der Waals surface area contributed by atoms with Gasteiger partial charge in [0.1, 0.15) is 0 Å². The molecule has 2 aliphatic rings. The van der Waals surface area contributed by atoms with Gasteiger partial charge in [-0.05, 0) is 77.2 Å². The number of ether oxygens (including phenoxy) is 2. The van der Waals surface area contributed by atoms with E-state index >= 15 is 0 Å². The van der Waals surface area contributed by atoms with Gasteiger partial charge in [-0.3, -0.25) is 9.59 Å². The smallest absolute Gasteiger partial charge is 0.254 e. The van der Waals surface area contributed by atoms with E-state index in [1.807, 2.05) is 26.8 Å². The summed E-state index contributed by atoms with van der Waals surface area (Å²) in [4.78, 5) is 33.6. The Labute approximate surface area is 231 Å². The van der Waals surface area contributed by atoms with Crippen LogP contribution in [0.5, 0.6) is 11.5 Å². The van der Waals surface area contributed by atoms with Crippen LogP contribution < -0.4 is 15.0 Å². The topological polar surface area (TPSA) is 74.9 Å². The van der Waals surface area contributed by atoms with Gasteiger partial charge in [-0.15, -0.1) is 0 Å². The second-order valence-corrected chi connectivity index (χ2v) is 11.6. The van der Waals surface area contributed by atoms with Crippen molar-refractivity contribution in [1.82, 2.24) is 14.8 Å². The molecule has 0 saturated carbocycles. The molecule has 3 heterocycles. The highest BCUT2D eigenvalue weighted by Crippen LogP contribution is 2.51. The maximum Gasteiger partial charge on any atom is 0.254 e. The third-order valence-corrected chi connectivity index (χ3v) is 8.46. The number of halogens is 1. The maximum atomic E-state index is 13.8. The molecule has 1 aromatic heterocycles. The third-order valence-electron chi connectivity index (χ3n) is 8.06. The Hall–Kier alpha value is -2.51. The Kier molecular flexibility index (Phi) is 8.48. The van der Waals surface area contributed by atoms with Crippen LogP contribution in [0.2, 0.25) is 5.02 Å². The van der Waals surface area contributed by atoms with E-state index in [1.165, 1.54) is 0 Å². The molecule has 208 valence electrons. The summed E-state index contributed by atoms with van der Waals surface area (Å²) >= 11 is 6.86. The number of carbonyl (C=O) groups excluding carboxylic acids is 1.